The van der Waals surface area contributed by atoms with Crippen molar-refractivity contribution in [2.24, 2.45) is 0 Å². The molecular formula is C18H16N6O2. The minimum absolute atomic E-state index is 0.278. The lowest BCUT2D eigenvalue weighted by molar-refractivity contribution is 0.102. The van der Waals surface area contributed by atoms with Crippen LogP contribution in [0.3, 0.4) is 0 Å². The highest BCUT2D eigenvalue weighted by atomic mass is 16.5. The number of rotatable bonds is 5. The number of anilines is 1. The second kappa shape index (κ2) is 6.67. The quantitative estimate of drug-likeness (QED) is 0.598. The minimum Gasteiger partial charge on any atom is -0.497 e. The zero-order chi connectivity index (χ0) is 17.9. The van der Waals surface area contributed by atoms with E-state index < -0.39 is 0 Å². The van der Waals surface area contributed by atoms with Gasteiger partial charge in [-0.2, -0.15) is 10.2 Å². The van der Waals surface area contributed by atoms with E-state index in [1.54, 1.807) is 47.2 Å². The Bertz CT molecular complexity index is 1070. The van der Waals surface area contributed by atoms with Crippen LogP contribution in [0.5, 0.6) is 5.75 Å². The van der Waals surface area contributed by atoms with Crippen LogP contribution in [-0.4, -0.2) is 37.4 Å². The number of methoxy groups -OCH3 is 1. The fraction of sp³-hybridized carbons (Fsp3) is 0.111. The molecule has 3 heterocycles. The smallest absolute Gasteiger partial charge is 0.261 e. The molecule has 0 aliphatic heterocycles. The van der Waals surface area contributed by atoms with Gasteiger partial charge in [-0.15, -0.1) is 0 Å². The zero-order valence-electron chi connectivity index (χ0n) is 14.0. The van der Waals surface area contributed by atoms with E-state index in [4.69, 9.17) is 4.74 Å². The van der Waals surface area contributed by atoms with E-state index in [0.29, 0.717) is 23.4 Å². The normalized spacial score (nSPS) is 10.8. The molecule has 0 spiro atoms. The van der Waals surface area contributed by atoms with Crippen molar-refractivity contribution in [1.29, 1.82) is 0 Å². The maximum absolute atomic E-state index is 12.5. The van der Waals surface area contributed by atoms with Crippen LogP contribution < -0.4 is 10.1 Å². The summed E-state index contributed by atoms with van der Waals surface area (Å²) >= 11 is 0. The molecule has 0 unspecified atom stereocenters. The van der Waals surface area contributed by atoms with Crippen molar-refractivity contribution in [3.05, 3.63) is 72.4 Å². The predicted octanol–water partition coefficient (Wildman–Crippen LogP) is 2.23. The summed E-state index contributed by atoms with van der Waals surface area (Å²) in [4.78, 5) is 16.7. The Kier molecular flexibility index (Phi) is 4.06. The largest absolute Gasteiger partial charge is 0.497 e. The van der Waals surface area contributed by atoms with Crippen molar-refractivity contribution in [3.63, 3.8) is 0 Å². The van der Waals surface area contributed by atoms with E-state index in [1.807, 2.05) is 24.3 Å². The Morgan fingerprint density at radius 3 is 3.04 bits per heavy atom. The van der Waals surface area contributed by atoms with Gasteiger partial charge in [-0.05, 0) is 23.8 Å². The number of hydrogen-bond donors (Lipinski definition) is 1. The topological polar surface area (TPSA) is 86.3 Å². The fourth-order valence-electron chi connectivity index (χ4n) is 2.66. The van der Waals surface area contributed by atoms with Crippen LogP contribution in [-0.2, 0) is 6.54 Å². The molecule has 1 aromatic carbocycles. The maximum atomic E-state index is 12.5. The third kappa shape index (κ3) is 3.12. The number of carbonyl (C=O) groups is 1. The van der Waals surface area contributed by atoms with E-state index in [-0.39, 0.29) is 5.91 Å². The van der Waals surface area contributed by atoms with E-state index in [0.717, 1.165) is 11.3 Å². The van der Waals surface area contributed by atoms with Gasteiger partial charge < -0.3 is 10.1 Å². The first-order chi connectivity index (χ1) is 12.7. The van der Waals surface area contributed by atoms with Crippen molar-refractivity contribution in [3.8, 4) is 5.75 Å². The summed E-state index contributed by atoms with van der Waals surface area (Å²) in [5.41, 5.74) is 2.57. The summed E-state index contributed by atoms with van der Waals surface area (Å²) in [6, 6.07) is 9.52. The molecular weight excluding hydrogens is 332 g/mol. The Morgan fingerprint density at radius 1 is 1.23 bits per heavy atom. The van der Waals surface area contributed by atoms with Crippen molar-refractivity contribution >= 4 is 17.2 Å². The maximum Gasteiger partial charge on any atom is 0.261 e. The molecule has 3 aromatic heterocycles. The number of amides is 1. The third-order valence-corrected chi connectivity index (χ3v) is 3.89. The molecule has 8 heteroatoms. The van der Waals surface area contributed by atoms with Crippen LogP contribution >= 0.6 is 0 Å². The Labute approximate surface area is 149 Å². The molecule has 0 bridgehead atoms. The molecule has 1 amide bonds. The monoisotopic (exact) mass is 348 g/mol. The molecule has 0 fully saturated rings. The second-order valence-electron chi connectivity index (χ2n) is 5.68. The summed E-state index contributed by atoms with van der Waals surface area (Å²) in [6.45, 7) is 0.575. The van der Waals surface area contributed by atoms with Crippen LogP contribution in [0, 0.1) is 0 Å². The van der Waals surface area contributed by atoms with Gasteiger partial charge in [0.05, 0.1) is 31.7 Å². The molecule has 4 aromatic rings. The lowest BCUT2D eigenvalue weighted by Gasteiger charge is -2.04. The first kappa shape index (κ1) is 15.8. The van der Waals surface area contributed by atoms with Crippen LogP contribution in [0.1, 0.15) is 15.9 Å². The van der Waals surface area contributed by atoms with Gasteiger partial charge >= 0.3 is 0 Å². The number of nitrogens with zero attached hydrogens (tertiary/aromatic N) is 5. The molecule has 26 heavy (non-hydrogen) atoms. The summed E-state index contributed by atoms with van der Waals surface area (Å²) in [7, 11) is 1.63. The number of ether oxygens (including phenoxy) is 1. The zero-order valence-corrected chi connectivity index (χ0v) is 14.0. The molecule has 4 rings (SSSR count). The van der Waals surface area contributed by atoms with Crippen LogP contribution in [0.25, 0.3) is 5.65 Å². The van der Waals surface area contributed by atoms with Crippen molar-refractivity contribution in [1.82, 2.24) is 24.4 Å². The molecule has 0 radical (unpaired) electrons. The van der Waals surface area contributed by atoms with Crippen LogP contribution in [0.2, 0.25) is 0 Å². The number of benzene rings is 1. The van der Waals surface area contributed by atoms with Crippen LogP contribution in [0.4, 0.5) is 5.69 Å². The SMILES string of the molecule is COc1cccc(Cn2cc(NC(=O)c3cnn4cccnc34)cn2)c1. The third-order valence-electron chi connectivity index (χ3n) is 3.89. The van der Waals surface area contributed by atoms with Crippen molar-refractivity contribution < 1.29 is 9.53 Å². The molecule has 0 saturated heterocycles. The summed E-state index contributed by atoms with van der Waals surface area (Å²) < 4.78 is 8.53. The highest BCUT2D eigenvalue weighted by Crippen LogP contribution is 2.15. The highest BCUT2D eigenvalue weighted by Gasteiger charge is 2.14. The van der Waals surface area contributed by atoms with Gasteiger partial charge in [0, 0.05) is 18.6 Å². The number of carbonyl (C=O) groups excluding carboxylic acids is 1. The lowest BCUT2D eigenvalue weighted by Crippen LogP contribution is -2.11. The lowest BCUT2D eigenvalue weighted by atomic mass is 10.2. The first-order valence-corrected chi connectivity index (χ1v) is 7.98. The average Bonchev–Trinajstić information content (AvgIpc) is 3.28. The minimum atomic E-state index is -0.278. The summed E-state index contributed by atoms with van der Waals surface area (Å²) in [5.74, 6) is 0.517. The van der Waals surface area contributed by atoms with Gasteiger partial charge in [-0.3, -0.25) is 9.48 Å². The van der Waals surface area contributed by atoms with E-state index in [2.05, 4.69) is 20.5 Å². The molecule has 1 N–H and O–H groups in total. The molecule has 0 saturated carbocycles. The standard InChI is InChI=1S/C18H16N6O2/c1-26-15-5-2-4-13(8-15)11-23-12-14(9-20-23)22-18(25)16-10-21-24-7-3-6-19-17(16)24/h2-10,12H,11H2,1H3,(H,22,25). The number of nitrogens with one attached hydrogen (secondary N) is 1. The van der Waals surface area contributed by atoms with Gasteiger partial charge in [0.1, 0.15) is 11.3 Å². The van der Waals surface area contributed by atoms with Gasteiger partial charge in [0.25, 0.3) is 5.91 Å². The molecule has 0 atom stereocenters. The Morgan fingerprint density at radius 2 is 2.15 bits per heavy atom. The second-order valence-corrected chi connectivity index (χ2v) is 5.68. The summed E-state index contributed by atoms with van der Waals surface area (Å²) in [5, 5.41) is 11.2. The van der Waals surface area contributed by atoms with Gasteiger partial charge in [-0.1, -0.05) is 12.1 Å². The fourth-order valence-corrected chi connectivity index (χ4v) is 2.66. The average molecular weight is 348 g/mol. The Hall–Kier alpha value is -3.68. The van der Waals surface area contributed by atoms with Crippen molar-refractivity contribution in [2.45, 2.75) is 6.54 Å². The van der Waals surface area contributed by atoms with E-state index in [9.17, 15) is 4.79 Å². The van der Waals surface area contributed by atoms with E-state index in [1.165, 1.54) is 6.20 Å². The molecule has 8 nitrogen and oxygen atoms in total. The number of fused-ring (bicyclic) bond motifs is 1. The predicted molar refractivity (Wildman–Crippen MR) is 95.3 cm³/mol. The summed E-state index contributed by atoms with van der Waals surface area (Å²) in [6.07, 6.45) is 8.25. The first-order valence-electron chi connectivity index (χ1n) is 7.98. The van der Waals surface area contributed by atoms with Gasteiger partial charge in [-0.25, -0.2) is 9.50 Å². The van der Waals surface area contributed by atoms with E-state index >= 15 is 0 Å². The Balaban J connectivity index is 1.48. The molecule has 0 aliphatic rings. The van der Waals surface area contributed by atoms with Gasteiger partial charge in [0.15, 0.2) is 5.65 Å². The highest BCUT2D eigenvalue weighted by molar-refractivity contribution is 6.07. The van der Waals surface area contributed by atoms with Gasteiger partial charge in [0.2, 0.25) is 0 Å². The van der Waals surface area contributed by atoms with Crippen molar-refractivity contribution in [2.75, 3.05) is 12.4 Å². The number of aromatic nitrogens is 5. The molecule has 0 aliphatic carbocycles. The molecule has 130 valence electrons. The van der Waals surface area contributed by atoms with Crippen LogP contribution in [0.15, 0.2) is 61.3 Å². The number of hydrogen-bond acceptors (Lipinski definition) is 5.